The van der Waals surface area contributed by atoms with Crippen molar-refractivity contribution in [3.63, 3.8) is 0 Å². The minimum Gasteiger partial charge on any atom is -0.463 e. The molecule has 8 heteroatoms. The van der Waals surface area contributed by atoms with E-state index in [1.165, 1.54) is 19.3 Å². The number of benzene rings is 1. The van der Waals surface area contributed by atoms with E-state index >= 15 is 0 Å². The first-order chi connectivity index (χ1) is 10.9. The lowest BCUT2D eigenvalue weighted by atomic mass is 10.1. The second kappa shape index (κ2) is 8.94. The monoisotopic (exact) mass is 330 g/mol. The molecule has 0 saturated heterocycles. The SMILES string of the molecule is C=CCN=C(NC(=O)c1cccc(C(F)(F)F)c1)OCCOC. The number of ether oxygens (including phenoxy) is 2. The van der Waals surface area contributed by atoms with Crippen molar-refractivity contribution < 1.29 is 27.4 Å². The van der Waals surface area contributed by atoms with Crippen LogP contribution < -0.4 is 5.32 Å². The molecule has 0 aliphatic rings. The number of amidine groups is 1. The Balaban J connectivity index is 2.83. The van der Waals surface area contributed by atoms with Gasteiger partial charge in [-0.25, -0.2) is 4.99 Å². The van der Waals surface area contributed by atoms with Crippen molar-refractivity contribution >= 4 is 11.9 Å². The molecule has 1 N–H and O–H groups in total. The van der Waals surface area contributed by atoms with E-state index in [1.807, 2.05) is 0 Å². The van der Waals surface area contributed by atoms with E-state index < -0.39 is 17.6 Å². The molecular weight excluding hydrogens is 313 g/mol. The number of methoxy groups -OCH3 is 1. The zero-order chi connectivity index (χ0) is 17.3. The molecule has 1 aromatic carbocycles. The molecular formula is C15H17F3N2O3. The number of carbonyl (C=O) groups is 1. The highest BCUT2D eigenvalue weighted by molar-refractivity contribution is 6.04. The summed E-state index contributed by atoms with van der Waals surface area (Å²) in [7, 11) is 1.48. The Morgan fingerprint density at radius 1 is 1.39 bits per heavy atom. The van der Waals surface area contributed by atoms with E-state index in [1.54, 1.807) is 0 Å². The van der Waals surface area contributed by atoms with E-state index in [0.29, 0.717) is 0 Å². The Morgan fingerprint density at radius 3 is 2.74 bits per heavy atom. The van der Waals surface area contributed by atoms with Gasteiger partial charge in [-0.05, 0) is 18.2 Å². The normalized spacial score (nSPS) is 11.9. The van der Waals surface area contributed by atoms with Crippen LogP contribution in [-0.2, 0) is 15.7 Å². The molecule has 0 saturated carbocycles. The maximum Gasteiger partial charge on any atom is 0.416 e. The predicted octanol–water partition coefficient (Wildman–Crippen LogP) is 2.64. The zero-order valence-corrected chi connectivity index (χ0v) is 12.5. The molecule has 0 fully saturated rings. The molecule has 0 radical (unpaired) electrons. The van der Waals surface area contributed by atoms with Gasteiger partial charge < -0.3 is 9.47 Å². The van der Waals surface area contributed by atoms with E-state index in [2.05, 4.69) is 16.9 Å². The van der Waals surface area contributed by atoms with Crippen LogP contribution in [0, 0.1) is 0 Å². The Bertz CT molecular complexity index is 571. The van der Waals surface area contributed by atoms with Gasteiger partial charge in [0.15, 0.2) is 0 Å². The fourth-order valence-corrected chi connectivity index (χ4v) is 1.50. The summed E-state index contributed by atoms with van der Waals surface area (Å²) in [5.74, 6) is -0.753. The molecule has 0 atom stereocenters. The highest BCUT2D eigenvalue weighted by atomic mass is 19.4. The van der Waals surface area contributed by atoms with Crippen LogP contribution in [0.5, 0.6) is 0 Å². The highest BCUT2D eigenvalue weighted by Crippen LogP contribution is 2.29. The number of nitrogens with one attached hydrogen (secondary N) is 1. The lowest BCUT2D eigenvalue weighted by Crippen LogP contribution is -2.33. The maximum atomic E-state index is 12.7. The number of carbonyl (C=O) groups excluding carboxylic acids is 1. The van der Waals surface area contributed by atoms with Crippen LogP contribution in [0.25, 0.3) is 0 Å². The quantitative estimate of drug-likeness (QED) is 0.377. The van der Waals surface area contributed by atoms with E-state index in [0.717, 1.165) is 18.2 Å². The van der Waals surface area contributed by atoms with Crippen LogP contribution in [0.2, 0.25) is 0 Å². The maximum absolute atomic E-state index is 12.7. The first-order valence-electron chi connectivity index (χ1n) is 6.64. The minimum atomic E-state index is -4.52. The molecule has 1 rings (SSSR count). The number of hydrogen-bond acceptors (Lipinski definition) is 4. The van der Waals surface area contributed by atoms with Gasteiger partial charge in [0.05, 0.1) is 18.7 Å². The van der Waals surface area contributed by atoms with Gasteiger partial charge in [0.1, 0.15) is 6.61 Å². The topological polar surface area (TPSA) is 59.9 Å². The summed E-state index contributed by atoms with van der Waals surface area (Å²) < 4.78 is 48.0. The average molecular weight is 330 g/mol. The molecule has 0 spiro atoms. The van der Waals surface area contributed by atoms with Crippen LogP contribution in [0.4, 0.5) is 13.2 Å². The fraction of sp³-hybridized carbons (Fsp3) is 0.333. The first-order valence-corrected chi connectivity index (χ1v) is 6.64. The van der Waals surface area contributed by atoms with Crippen LogP contribution in [0.3, 0.4) is 0 Å². The van der Waals surface area contributed by atoms with E-state index in [-0.39, 0.29) is 31.3 Å². The molecule has 0 aliphatic heterocycles. The number of aliphatic imine (C=N–C) groups is 1. The van der Waals surface area contributed by atoms with Gasteiger partial charge in [-0.15, -0.1) is 6.58 Å². The second-order valence-electron chi connectivity index (χ2n) is 4.31. The number of amides is 1. The van der Waals surface area contributed by atoms with Crippen molar-refractivity contribution in [2.75, 3.05) is 26.9 Å². The average Bonchev–Trinajstić information content (AvgIpc) is 2.51. The van der Waals surface area contributed by atoms with Crippen LogP contribution in [0.15, 0.2) is 41.9 Å². The molecule has 5 nitrogen and oxygen atoms in total. The van der Waals surface area contributed by atoms with Crippen LogP contribution >= 0.6 is 0 Å². The zero-order valence-electron chi connectivity index (χ0n) is 12.5. The summed E-state index contributed by atoms with van der Waals surface area (Å²) in [6, 6.07) is 3.97. The minimum absolute atomic E-state index is 0.107. The van der Waals surface area contributed by atoms with Gasteiger partial charge in [0, 0.05) is 12.7 Å². The van der Waals surface area contributed by atoms with Gasteiger partial charge >= 0.3 is 6.18 Å². The third-order valence-corrected chi connectivity index (χ3v) is 2.56. The van der Waals surface area contributed by atoms with E-state index in [4.69, 9.17) is 9.47 Å². The van der Waals surface area contributed by atoms with E-state index in [9.17, 15) is 18.0 Å². The Hall–Kier alpha value is -2.35. The Kier molecular flexibility index (Phi) is 7.27. The third kappa shape index (κ3) is 6.52. The van der Waals surface area contributed by atoms with Gasteiger partial charge in [-0.1, -0.05) is 12.1 Å². The number of hydrogen-bond donors (Lipinski definition) is 1. The van der Waals surface area contributed by atoms with Gasteiger partial charge in [0.2, 0.25) is 0 Å². The molecule has 1 aromatic rings. The Labute approximate surface area is 131 Å². The molecule has 0 aliphatic carbocycles. The van der Waals surface area contributed by atoms with Crippen molar-refractivity contribution in [3.8, 4) is 0 Å². The molecule has 23 heavy (non-hydrogen) atoms. The summed E-state index contributed by atoms with van der Waals surface area (Å²) >= 11 is 0. The van der Waals surface area contributed by atoms with Gasteiger partial charge in [0.25, 0.3) is 11.9 Å². The van der Waals surface area contributed by atoms with Crippen LogP contribution in [-0.4, -0.2) is 38.8 Å². The summed E-state index contributed by atoms with van der Waals surface area (Å²) in [5.41, 5.74) is -1.06. The summed E-state index contributed by atoms with van der Waals surface area (Å²) in [6.07, 6.45) is -3.04. The summed E-state index contributed by atoms with van der Waals surface area (Å²) in [6.45, 7) is 4.07. The standard InChI is InChI=1S/C15H17F3N2O3/c1-3-7-19-14(23-9-8-22-2)20-13(21)11-5-4-6-12(10-11)15(16,17)18/h3-6,10H,1,7-9H2,2H3,(H,19,20,21). The summed E-state index contributed by atoms with van der Waals surface area (Å²) in [5, 5.41) is 2.32. The molecule has 0 bridgehead atoms. The third-order valence-electron chi connectivity index (χ3n) is 2.56. The number of rotatable bonds is 6. The van der Waals surface area contributed by atoms with Crippen LogP contribution in [0.1, 0.15) is 15.9 Å². The lowest BCUT2D eigenvalue weighted by molar-refractivity contribution is -0.137. The number of alkyl halides is 3. The van der Waals surface area contributed by atoms with Crippen molar-refractivity contribution in [1.29, 1.82) is 0 Å². The largest absolute Gasteiger partial charge is 0.463 e. The predicted molar refractivity (Wildman–Crippen MR) is 79.2 cm³/mol. The number of nitrogens with zero attached hydrogens (tertiary/aromatic N) is 1. The highest BCUT2D eigenvalue weighted by Gasteiger charge is 2.31. The summed E-state index contributed by atoms with van der Waals surface area (Å²) in [4.78, 5) is 16.0. The van der Waals surface area contributed by atoms with Crippen molar-refractivity contribution in [2.24, 2.45) is 4.99 Å². The van der Waals surface area contributed by atoms with Crippen molar-refractivity contribution in [3.05, 3.63) is 48.0 Å². The molecule has 0 heterocycles. The lowest BCUT2D eigenvalue weighted by Gasteiger charge is -2.11. The van der Waals surface area contributed by atoms with Gasteiger partial charge in [-0.2, -0.15) is 13.2 Å². The fourth-order valence-electron chi connectivity index (χ4n) is 1.50. The van der Waals surface area contributed by atoms with Crippen molar-refractivity contribution in [1.82, 2.24) is 5.32 Å². The first kappa shape index (κ1) is 18.7. The molecule has 126 valence electrons. The second-order valence-corrected chi connectivity index (χ2v) is 4.31. The van der Waals surface area contributed by atoms with Gasteiger partial charge in [-0.3, -0.25) is 10.1 Å². The molecule has 1 amide bonds. The Morgan fingerprint density at radius 2 is 2.13 bits per heavy atom. The number of halogens is 3. The molecule has 0 unspecified atom stereocenters. The molecule has 0 aromatic heterocycles. The van der Waals surface area contributed by atoms with Crippen molar-refractivity contribution in [2.45, 2.75) is 6.18 Å². The smallest absolute Gasteiger partial charge is 0.416 e.